The number of halogens is 2. The Morgan fingerprint density at radius 1 is 1.14 bits per heavy atom. The fourth-order valence-electron chi connectivity index (χ4n) is 3.77. The standard InChI is InChI=1S/C16H18F2N4/c1-10-19-20-16-7-12-3-4-13(9-21(10)16)22(12)8-11-2-5-14(17)15(18)6-11/h2,5-6,12-13H,3-4,7-9H2,1H3/t12-,13+/m0/s1. The van der Waals surface area contributed by atoms with Crippen molar-refractivity contribution in [3.05, 3.63) is 47.0 Å². The van der Waals surface area contributed by atoms with Gasteiger partial charge in [-0.25, -0.2) is 8.78 Å². The summed E-state index contributed by atoms with van der Waals surface area (Å²) >= 11 is 0. The van der Waals surface area contributed by atoms with E-state index in [0.29, 0.717) is 18.6 Å². The van der Waals surface area contributed by atoms with E-state index in [2.05, 4.69) is 19.7 Å². The van der Waals surface area contributed by atoms with Crippen LogP contribution < -0.4 is 0 Å². The average Bonchev–Trinajstić information content (AvgIpc) is 2.95. The lowest BCUT2D eigenvalue weighted by atomic mass is 10.1. The molecular formula is C16H18F2N4. The fourth-order valence-corrected chi connectivity index (χ4v) is 3.77. The molecule has 2 aromatic rings. The first-order valence-corrected chi connectivity index (χ1v) is 7.70. The summed E-state index contributed by atoms with van der Waals surface area (Å²) in [6.45, 7) is 3.52. The molecule has 2 aliphatic heterocycles. The van der Waals surface area contributed by atoms with E-state index >= 15 is 0 Å². The van der Waals surface area contributed by atoms with Crippen LogP contribution in [0.15, 0.2) is 18.2 Å². The van der Waals surface area contributed by atoms with Gasteiger partial charge < -0.3 is 4.57 Å². The van der Waals surface area contributed by atoms with E-state index in [9.17, 15) is 8.78 Å². The Labute approximate surface area is 127 Å². The molecule has 22 heavy (non-hydrogen) atoms. The van der Waals surface area contributed by atoms with Crippen molar-refractivity contribution in [2.24, 2.45) is 0 Å². The summed E-state index contributed by atoms with van der Waals surface area (Å²) in [5.41, 5.74) is 0.824. The van der Waals surface area contributed by atoms with Gasteiger partial charge in [0.2, 0.25) is 0 Å². The van der Waals surface area contributed by atoms with Gasteiger partial charge in [0.05, 0.1) is 0 Å². The summed E-state index contributed by atoms with van der Waals surface area (Å²) in [7, 11) is 0. The molecule has 1 fully saturated rings. The lowest BCUT2D eigenvalue weighted by Gasteiger charge is -2.27. The molecule has 1 aromatic carbocycles. The normalized spacial score (nSPS) is 24.3. The first kappa shape index (κ1) is 13.8. The molecular weight excluding hydrogens is 286 g/mol. The van der Waals surface area contributed by atoms with E-state index in [-0.39, 0.29) is 0 Å². The number of aromatic nitrogens is 3. The maximum atomic E-state index is 13.4. The number of hydrogen-bond acceptors (Lipinski definition) is 3. The van der Waals surface area contributed by atoms with Crippen molar-refractivity contribution in [2.45, 2.75) is 51.4 Å². The topological polar surface area (TPSA) is 34.0 Å². The first-order chi connectivity index (χ1) is 10.6. The van der Waals surface area contributed by atoms with Crippen molar-refractivity contribution in [1.82, 2.24) is 19.7 Å². The minimum atomic E-state index is -0.788. The molecule has 2 aliphatic rings. The molecule has 4 nitrogen and oxygen atoms in total. The number of fused-ring (bicyclic) bond motifs is 3. The molecule has 2 bridgehead atoms. The minimum absolute atomic E-state index is 0.406. The first-order valence-electron chi connectivity index (χ1n) is 7.70. The highest BCUT2D eigenvalue weighted by Crippen LogP contribution is 2.32. The Morgan fingerprint density at radius 2 is 1.95 bits per heavy atom. The molecule has 1 aromatic heterocycles. The molecule has 0 amide bonds. The van der Waals surface area contributed by atoms with Crippen LogP contribution in [0.3, 0.4) is 0 Å². The van der Waals surface area contributed by atoms with Gasteiger partial charge in [0.1, 0.15) is 11.6 Å². The Hall–Kier alpha value is -1.82. The van der Waals surface area contributed by atoms with Crippen molar-refractivity contribution < 1.29 is 8.78 Å². The van der Waals surface area contributed by atoms with Crippen molar-refractivity contribution in [1.29, 1.82) is 0 Å². The summed E-state index contributed by atoms with van der Waals surface area (Å²) in [5, 5.41) is 8.45. The molecule has 0 radical (unpaired) electrons. The van der Waals surface area contributed by atoms with E-state index in [1.54, 1.807) is 6.07 Å². The molecule has 3 heterocycles. The quantitative estimate of drug-likeness (QED) is 0.854. The molecule has 1 saturated heterocycles. The molecule has 6 heteroatoms. The van der Waals surface area contributed by atoms with E-state index in [1.165, 1.54) is 12.1 Å². The Balaban J connectivity index is 1.60. The lowest BCUT2D eigenvalue weighted by Crippen LogP contribution is -2.36. The maximum absolute atomic E-state index is 13.4. The third kappa shape index (κ3) is 2.22. The predicted octanol–water partition coefficient (Wildman–Crippen LogP) is 2.45. The molecule has 0 spiro atoms. The second-order valence-corrected chi connectivity index (χ2v) is 6.28. The van der Waals surface area contributed by atoms with Crippen molar-refractivity contribution in [3.8, 4) is 0 Å². The average molecular weight is 304 g/mol. The maximum Gasteiger partial charge on any atom is 0.159 e. The third-order valence-corrected chi connectivity index (χ3v) is 4.94. The predicted molar refractivity (Wildman–Crippen MR) is 77.2 cm³/mol. The zero-order chi connectivity index (χ0) is 15.3. The van der Waals surface area contributed by atoms with Crippen LogP contribution >= 0.6 is 0 Å². The van der Waals surface area contributed by atoms with Gasteiger partial charge in [0, 0.05) is 31.6 Å². The molecule has 4 rings (SSSR count). The van der Waals surface area contributed by atoms with Gasteiger partial charge in [-0.15, -0.1) is 10.2 Å². The number of nitrogens with zero attached hydrogens (tertiary/aromatic N) is 4. The molecule has 2 atom stereocenters. The monoisotopic (exact) mass is 304 g/mol. The van der Waals surface area contributed by atoms with Gasteiger partial charge in [-0.1, -0.05) is 6.07 Å². The largest absolute Gasteiger partial charge is 0.314 e. The van der Waals surface area contributed by atoms with Crippen LogP contribution in [0.5, 0.6) is 0 Å². The summed E-state index contributed by atoms with van der Waals surface area (Å²) in [6.07, 6.45) is 3.13. The zero-order valence-electron chi connectivity index (χ0n) is 12.5. The number of rotatable bonds is 2. The molecule has 0 aliphatic carbocycles. The summed E-state index contributed by atoms with van der Waals surface area (Å²) in [5.74, 6) is 0.437. The Kier molecular flexibility index (Phi) is 3.22. The van der Waals surface area contributed by atoms with Crippen molar-refractivity contribution in [2.75, 3.05) is 0 Å². The van der Waals surface area contributed by atoms with Gasteiger partial charge >= 0.3 is 0 Å². The highest BCUT2D eigenvalue weighted by molar-refractivity contribution is 5.18. The molecule has 0 unspecified atom stereocenters. The third-order valence-electron chi connectivity index (χ3n) is 4.94. The fraction of sp³-hybridized carbons (Fsp3) is 0.500. The molecule has 0 N–H and O–H groups in total. The number of hydrogen-bond donors (Lipinski definition) is 0. The SMILES string of the molecule is Cc1nnc2n1C[C@H]1CC[C@@H](C2)N1Cc1ccc(F)c(F)c1. The van der Waals surface area contributed by atoms with Crippen LogP contribution in [0.4, 0.5) is 8.78 Å². The van der Waals surface area contributed by atoms with E-state index in [4.69, 9.17) is 0 Å². The van der Waals surface area contributed by atoms with Crippen molar-refractivity contribution >= 4 is 0 Å². The minimum Gasteiger partial charge on any atom is -0.314 e. The van der Waals surface area contributed by atoms with Crippen LogP contribution in [0.25, 0.3) is 0 Å². The van der Waals surface area contributed by atoms with Gasteiger partial charge in [-0.3, -0.25) is 4.90 Å². The lowest BCUT2D eigenvalue weighted by molar-refractivity contribution is 0.179. The van der Waals surface area contributed by atoms with E-state index in [1.807, 2.05) is 6.92 Å². The highest BCUT2D eigenvalue weighted by Gasteiger charge is 2.37. The summed E-state index contributed by atoms with van der Waals surface area (Å²) in [6, 6.07) is 5.01. The molecule has 0 saturated carbocycles. The second kappa shape index (κ2) is 5.12. The van der Waals surface area contributed by atoms with Crippen LogP contribution in [0, 0.1) is 18.6 Å². The Morgan fingerprint density at radius 3 is 2.77 bits per heavy atom. The molecule has 116 valence electrons. The van der Waals surface area contributed by atoms with Crippen LogP contribution in [0.2, 0.25) is 0 Å². The van der Waals surface area contributed by atoms with Gasteiger partial charge in [-0.05, 0) is 37.5 Å². The summed E-state index contributed by atoms with van der Waals surface area (Å²) < 4.78 is 28.7. The zero-order valence-corrected chi connectivity index (χ0v) is 12.5. The van der Waals surface area contributed by atoms with Crippen molar-refractivity contribution in [3.63, 3.8) is 0 Å². The van der Waals surface area contributed by atoms with Gasteiger partial charge in [0.15, 0.2) is 11.6 Å². The second-order valence-electron chi connectivity index (χ2n) is 6.28. The van der Waals surface area contributed by atoms with E-state index in [0.717, 1.165) is 43.0 Å². The highest BCUT2D eigenvalue weighted by atomic mass is 19.2. The summed E-state index contributed by atoms with van der Waals surface area (Å²) in [4.78, 5) is 2.42. The number of aryl methyl sites for hydroxylation is 1. The van der Waals surface area contributed by atoms with Crippen LogP contribution in [-0.4, -0.2) is 31.7 Å². The Bertz CT molecular complexity index is 712. The van der Waals surface area contributed by atoms with Gasteiger partial charge in [-0.2, -0.15) is 0 Å². The number of benzene rings is 1. The smallest absolute Gasteiger partial charge is 0.159 e. The van der Waals surface area contributed by atoms with Crippen LogP contribution in [-0.2, 0) is 19.5 Å². The van der Waals surface area contributed by atoms with E-state index < -0.39 is 11.6 Å². The van der Waals surface area contributed by atoms with Crippen LogP contribution in [0.1, 0.15) is 30.1 Å². The van der Waals surface area contributed by atoms with Gasteiger partial charge in [0.25, 0.3) is 0 Å².